The van der Waals surface area contributed by atoms with E-state index in [0.717, 1.165) is 5.39 Å². The molecule has 4 N–H and O–H groups in total. The zero-order chi connectivity index (χ0) is 15.2. The number of thiophene rings is 1. The van der Waals surface area contributed by atoms with Gasteiger partial charge in [0.1, 0.15) is 9.71 Å². The molecule has 0 radical (unpaired) electrons. The first-order valence-corrected chi connectivity index (χ1v) is 7.33. The van der Waals surface area contributed by atoms with Crippen LogP contribution in [0.5, 0.6) is 0 Å². The quantitative estimate of drug-likeness (QED) is 0.843. The molecular weight excluding hydrogens is 290 g/mol. The number of anilines is 1. The zero-order valence-corrected chi connectivity index (χ0v) is 12.3. The SMILES string of the molecule is CC1(C(N)=O)CCN(C(=O)c2sc3nnccc3c2N)C1. The van der Waals surface area contributed by atoms with Gasteiger partial charge in [-0.15, -0.1) is 16.4 Å². The third kappa shape index (κ3) is 2.11. The predicted molar refractivity (Wildman–Crippen MR) is 79.6 cm³/mol. The van der Waals surface area contributed by atoms with Crippen LogP contribution in [0.25, 0.3) is 10.2 Å². The number of likely N-dealkylation sites (tertiary alicyclic amines) is 1. The minimum Gasteiger partial charge on any atom is -0.397 e. The Morgan fingerprint density at radius 2 is 2.24 bits per heavy atom. The summed E-state index contributed by atoms with van der Waals surface area (Å²) >= 11 is 1.22. The van der Waals surface area contributed by atoms with E-state index in [1.54, 1.807) is 24.1 Å². The Kier molecular flexibility index (Phi) is 3.05. The van der Waals surface area contributed by atoms with Gasteiger partial charge in [0.15, 0.2) is 0 Å². The smallest absolute Gasteiger partial charge is 0.266 e. The van der Waals surface area contributed by atoms with Gasteiger partial charge in [0.25, 0.3) is 5.91 Å². The van der Waals surface area contributed by atoms with Gasteiger partial charge in [-0.25, -0.2) is 0 Å². The van der Waals surface area contributed by atoms with Crippen molar-refractivity contribution in [2.75, 3.05) is 18.8 Å². The molecule has 2 aromatic rings. The number of carbonyl (C=O) groups is 2. The minimum atomic E-state index is -0.666. The van der Waals surface area contributed by atoms with Crippen LogP contribution in [0.4, 0.5) is 5.69 Å². The van der Waals surface area contributed by atoms with E-state index >= 15 is 0 Å². The molecule has 1 aliphatic rings. The van der Waals surface area contributed by atoms with Crippen LogP contribution in [0.2, 0.25) is 0 Å². The molecule has 1 fully saturated rings. The highest BCUT2D eigenvalue weighted by atomic mass is 32.1. The van der Waals surface area contributed by atoms with Gasteiger partial charge in [-0.3, -0.25) is 9.59 Å². The summed E-state index contributed by atoms with van der Waals surface area (Å²) in [6, 6.07) is 1.74. The largest absolute Gasteiger partial charge is 0.397 e. The van der Waals surface area contributed by atoms with Gasteiger partial charge in [-0.05, 0) is 19.4 Å². The first-order chi connectivity index (χ1) is 9.92. The molecule has 0 saturated carbocycles. The third-order valence-corrected chi connectivity index (χ3v) is 5.06. The molecule has 7 nitrogen and oxygen atoms in total. The van der Waals surface area contributed by atoms with E-state index in [0.29, 0.717) is 34.9 Å². The monoisotopic (exact) mass is 305 g/mol. The third-order valence-electron chi connectivity index (χ3n) is 3.97. The first kappa shape index (κ1) is 13.7. The van der Waals surface area contributed by atoms with E-state index in [4.69, 9.17) is 11.5 Å². The summed E-state index contributed by atoms with van der Waals surface area (Å²) in [5, 5.41) is 8.49. The molecule has 3 rings (SSSR count). The molecule has 0 spiro atoms. The molecule has 1 saturated heterocycles. The molecule has 0 bridgehead atoms. The molecule has 1 aliphatic heterocycles. The number of carbonyl (C=O) groups excluding carboxylic acids is 2. The molecule has 8 heteroatoms. The number of rotatable bonds is 2. The first-order valence-electron chi connectivity index (χ1n) is 6.51. The van der Waals surface area contributed by atoms with E-state index in [2.05, 4.69) is 10.2 Å². The standard InChI is InChI=1S/C13H15N5O2S/c1-13(12(15)20)3-5-18(6-13)11(19)9-8(14)7-2-4-16-17-10(7)21-9/h2,4H,3,5-6,14H2,1H3,(H2,15,20). The summed E-state index contributed by atoms with van der Waals surface area (Å²) in [6.45, 7) is 2.60. The number of nitrogens with two attached hydrogens (primary N) is 2. The average Bonchev–Trinajstić information content (AvgIpc) is 3.01. The maximum atomic E-state index is 12.6. The number of amides is 2. The van der Waals surface area contributed by atoms with Gasteiger partial charge in [0, 0.05) is 18.5 Å². The molecule has 1 unspecified atom stereocenters. The topological polar surface area (TPSA) is 115 Å². The molecule has 1 atom stereocenters. The molecule has 3 heterocycles. The molecular formula is C13H15N5O2S. The highest BCUT2D eigenvalue weighted by Gasteiger charge is 2.41. The Hall–Kier alpha value is -2.22. The van der Waals surface area contributed by atoms with Crippen LogP contribution in [0.3, 0.4) is 0 Å². The number of hydrogen-bond donors (Lipinski definition) is 2. The maximum Gasteiger partial charge on any atom is 0.266 e. The molecule has 0 aromatic carbocycles. The van der Waals surface area contributed by atoms with Crippen molar-refractivity contribution in [3.63, 3.8) is 0 Å². The van der Waals surface area contributed by atoms with Gasteiger partial charge >= 0.3 is 0 Å². The lowest BCUT2D eigenvalue weighted by Crippen LogP contribution is -2.38. The fourth-order valence-electron chi connectivity index (χ4n) is 2.51. The second-order valence-electron chi connectivity index (χ2n) is 5.50. The van der Waals surface area contributed by atoms with Gasteiger partial charge in [-0.1, -0.05) is 0 Å². The molecule has 0 aliphatic carbocycles. The van der Waals surface area contributed by atoms with Crippen LogP contribution < -0.4 is 11.5 Å². The van der Waals surface area contributed by atoms with Crippen molar-refractivity contribution in [1.82, 2.24) is 15.1 Å². The second kappa shape index (κ2) is 4.66. The normalized spacial score (nSPS) is 21.9. The molecule has 21 heavy (non-hydrogen) atoms. The molecule has 110 valence electrons. The average molecular weight is 305 g/mol. The van der Waals surface area contributed by atoms with Crippen LogP contribution in [0, 0.1) is 5.41 Å². The van der Waals surface area contributed by atoms with Crippen LogP contribution in [0.1, 0.15) is 23.0 Å². The summed E-state index contributed by atoms with van der Waals surface area (Å²) in [5.41, 5.74) is 11.2. The van der Waals surface area contributed by atoms with Gasteiger partial charge in [-0.2, -0.15) is 5.10 Å². The van der Waals surface area contributed by atoms with E-state index in [9.17, 15) is 9.59 Å². The number of fused-ring (bicyclic) bond motifs is 1. The van der Waals surface area contributed by atoms with E-state index in [-0.39, 0.29) is 11.8 Å². The zero-order valence-electron chi connectivity index (χ0n) is 11.5. The lowest BCUT2D eigenvalue weighted by molar-refractivity contribution is -0.126. The summed E-state index contributed by atoms with van der Waals surface area (Å²) in [4.78, 5) is 26.8. The van der Waals surface area contributed by atoms with Crippen LogP contribution in [0.15, 0.2) is 12.3 Å². The minimum absolute atomic E-state index is 0.180. The second-order valence-corrected chi connectivity index (χ2v) is 6.50. The van der Waals surface area contributed by atoms with E-state index < -0.39 is 5.41 Å². The highest BCUT2D eigenvalue weighted by molar-refractivity contribution is 7.21. The number of nitrogen functional groups attached to an aromatic ring is 1. The fourth-order valence-corrected chi connectivity index (χ4v) is 3.52. The Balaban J connectivity index is 1.92. The number of aromatic nitrogens is 2. The lowest BCUT2D eigenvalue weighted by atomic mass is 9.89. The Bertz CT molecular complexity index is 743. The predicted octanol–water partition coefficient (Wildman–Crippen LogP) is 0.611. The molecule has 2 aromatic heterocycles. The fraction of sp³-hybridized carbons (Fsp3) is 0.385. The van der Waals surface area contributed by atoms with E-state index in [1.165, 1.54) is 11.3 Å². The lowest BCUT2D eigenvalue weighted by Gasteiger charge is -2.20. The van der Waals surface area contributed by atoms with Crippen molar-refractivity contribution in [3.8, 4) is 0 Å². The van der Waals surface area contributed by atoms with Gasteiger partial charge in [0.05, 0.1) is 17.3 Å². The van der Waals surface area contributed by atoms with Crippen molar-refractivity contribution >= 4 is 39.1 Å². The van der Waals surface area contributed by atoms with Gasteiger partial charge in [0.2, 0.25) is 5.91 Å². The molecule has 2 amide bonds. The number of primary amides is 1. The van der Waals surface area contributed by atoms with Crippen molar-refractivity contribution in [2.45, 2.75) is 13.3 Å². The Morgan fingerprint density at radius 3 is 2.86 bits per heavy atom. The summed E-state index contributed by atoms with van der Waals surface area (Å²) in [5.74, 6) is -0.562. The summed E-state index contributed by atoms with van der Waals surface area (Å²) in [6.07, 6.45) is 2.11. The van der Waals surface area contributed by atoms with Crippen molar-refractivity contribution in [3.05, 3.63) is 17.1 Å². The Morgan fingerprint density at radius 1 is 1.48 bits per heavy atom. The summed E-state index contributed by atoms with van der Waals surface area (Å²) in [7, 11) is 0. The van der Waals surface area contributed by atoms with Crippen LogP contribution in [-0.2, 0) is 4.79 Å². The van der Waals surface area contributed by atoms with Crippen LogP contribution >= 0.6 is 11.3 Å². The van der Waals surface area contributed by atoms with Gasteiger partial charge < -0.3 is 16.4 Å². The van der Waals surface area contributed by atoms with Crippen molar-refractivity contribution in [2.24, 2.45) is 11.1 Å². The Labute approximate surface area is 124 Å². The number of hydrogen-bond acceptors (Lipinski definition) is 6. The van der Waals surface area contributed by atoms with Crippen LogP contribution in [-0.4, -0.2) is 40.0 Å². The van der Waals surface area contributed by atoms with E-state index in [1.807, 2.05) is 0 Å². The highest BCUT2D eigenvalue weighted by Crippen LogP contribution is 2.35. The summed E-state index contributed by atoms with van der Waals surface area (Å²) < 4.78 is 0. The maximum absolute atomic E-state index is 12.6. The van der Waals surface area contributed by atoms with Crippen molar-refractivity contribution < 1.29 is 9.59 Å². The number of nitrogens with zero attached hydrogens (tertiary/aromatic N) is 3. The van der Waals surface area contributed by atoms with Crippen molar-refractivity contribution in [1.29, 1.82) is 0 Å².